The van der Waals surface area contributed by atoms with Gasteiger partial charge < -0.3 is 4.74 Å². The molecule has 0 unspecified atom stereocenters. The molecule has 2 aromatic rings. The summed E-state index contributed by atoms with van der Waals surface area (Å²) in [5, 5.41) is -4.06. The van der Waals surface area contributed by atoms with Crippen molar-refractivity contribution in [2.45, 2.75) is 25.8 Å². The van der Waals surface area contributed by atoms with E-state index in [9.17, 15) is 18.0 Å². The van der Waals surface area contributed by atoms with Crippen LogP contribution in [-0.2, 0) is 16.1 Å². The molecule has 0 saturated heterocycles. The summed E-state index contributed by atoms with van der Waals surface area (Å²) in [5.74, 6) is -3.64. The Labute approximate surface area is 167 Å². The average Bonchev–Trinajstić information content (AvgIpc) is 3.20. The van der Waals surface area contributed by atoms with Crippen molar-refractivity contribution in [3.63, 3.8) is 0 Å². The fraction of sp³-hybridized carbons (Fsp3) is 0.318. The zero-order valence-electron chi connectivity index (χ0n) is 15.5. The largest absolute Gasteiger partial charge is 0.461 e. The van der Waals surface area contributed by atoms with Crippen LogP contribution in [0.25, 0.3) is 11.1 Å². The summed E-state index contributed by atoms with van der Waals surface area (Å²) in [6.07, 6.45) is 0.731. The van der Waals surface area contributed by atoms with Gasteiger partial charge in [0.25, 0.3) is 0 Å². The van der Waals surface area contributed by atoms with E-state index < -0.39 is 34.4 Å². The molecule has 148 valence electrons. The van der Waals surface area contributed by atoms with E-state index >= 15 is 0 Å². The van der Waals surface area contributed by atoms with Crippen LogP contribution in [0, 0.1) is 17.3 Å². The molecule has 1 fully saturated rings. The summed E-state index contributed by atoms with van der Waals surface area (Å²) in [7, 11) is 0. The standard InChI is InChI=1S/C22H20ClF3O2/c1-21(2)17(12-18(24)22(23,25)26)19(21)20(27)28-13-14-7-6-10-16(11-14)15-8-4-3-5-9-15/h3-12,17,19H,13H2,1-2H3/t17-,19-/m1/s1. The normalized spacial score (nSPS) is 21.3. The van der Waals surface area contributed by atoms with Crippen LogP contribution >= 0.6 is 11.6 Å². The Hall–Kier alpha value is -2.27. The number of alkyl halides is 3. The van der Waals surface area contributed by atoms with Crippen molar-refractivity contribution in [3.8, 4) is 11.1 Å². The van der Waals surface area contributed by atoms with Crippen LogP contribution < -0.4 is 0 Å². The molecule has 0 aromatic heterocycles. The van der Waals surface area contributed by atoms with Crippen LogP contribution in [0.3, 0.4) is 0 Å². The Kier molecular flexibility index (Phi) is 5.57. The topological polar surface area (TPSA) is 26.3 Å². The molecule has 2 atom stereocenters. The van der Waals surface area contributed by atoms with Gasteiger partial charge in [0.15, 0.2) is 5.83 Å². The Morgan fingerprint density at radius 3 is 2.43 bits per heavy atom. The number of carbonyl (C=O) groups is 1. The number of ether oxygens (including phenoxy) is 1. The molecule has 3 rings (SSSR count). The molecule has 1 aliphatic carbocycles. The number of rotatable bonds is 6. The first-order valence-corrected chi connectivity index (χ1v) is 9.24. The Bertz CT molecular complexity index is 888. The van der Waals surface area contributed by atoms with Gasteiger partial charge in [0, 0.05) is 0 Å². The summed E-state index contributed by atoms with van der Waals surface area (Å²) >= 11 is 4.69. The maximum atomic E-state index is 13.5. The number of halogens is 4. The SMILES string of the molecule is CC1(C)[C@H](C=C(F)C(F)(F)Cl)[C@@H]1C(=O)OCc1cccc(-c2ccccc2)c1. The third-order valence-corrected chi connectivity index (χ3v) is 5.36. The van der Waals surface area contributed by atoms with Crippen LogP contribution in [-0.4, -0.2) is 11.4 Å². The summed E-state index contributed by atoms with van der Waals surface area (Å²) < 4.78 is 44.5. The Morgan fingerprint density at radius 1 is 1.14 bits per heavy atom. The fourth-order valence-electron chi connectivity index (χ4n) is 3.41. The lowest BCUT2D eigenvalue weighted by Crippen LogP contribution is -2.11. The molecule has 6 heteroatoms. The predicted molar refractivity (Wildman–Crippen MR) is 102 cm³/mol. The highest BCUT2D eigenvalue weighted by Crippen LogP contribution is 2.60. The van der Waals surface area contributed by atoms with E-state index in [-0.39, 0.29) is 6.61 Å². The monoisotopic (exact) mass is 408 g/mol. The zero-order chi connectivity index (χ0) is 20.5. The number of esters is 1. The number of allylic oxidation sites excluding steroid dienone is 2. The van der Waals surface area contributed by atoms with Crippen LogP contribution in [0.1, 0.15) is 19.4 Å². The molecule has 2 aromatic carbocycles. The van der Waals surface area contributed by atoms with Gasteiger partial charge in [-0.05, 0) is 51.8 Å². The van der Waals surface area contributed by atoms with Gasteiger partial charge in [0.05, 0.1) is 5.92 Å². The highest BCUT2D eigenvalue weighted by molar-refractivity contribution is 6.23. The number of carbonyl (C=O) groups excluding carboxylic acids is 1. The van der Waals surface area contributed by atoms with Crippen molar-refractivity contribution >= 4 is 17.6 Å². The number of hydrogen-bond donors (Lipinski definition) is 0. The molecule has 0 radical (unpaired) electrons. The fourth-order valence-corrected chi connectivity index (χ4v) is 3.47. The van der Waals surface area contributed by atoms with Crippen LogP contribution in [0.5, 0.6) is 0 Å². The first kappa shape index (κ1) is 20.5. The average molecular weight is 409 g/mol. The van der Waals surface area contributed by atoms with Crippen molar-refractivity contribution in [2.75, 3.05) is 0 Å². The van der Waals surface area contributed by atoms with Crippen LogP contribution in [0.4, 0.5) is 13.2 Å². The minimum Gasteiger partial charge on any atom is -0.461 e. The number of hydrogen-bond acceptors (Lipinski definition) is 2. The lowest BCUT2D eigenvalue weighted by atomic mass is 10.0. The molecule has 1 saturated carbocycles. The maximum Gasteiger partial charge on any atom is 0.373 e. The lowest BCUT2D eigenvalue weighted by molar-refractivity contribution is -0.147. The van der Waals surface area contributed by atoms with Gasteiger partial charge in [-0.25, -0.2) is 4.39 Å². The summed E-state index contributed by atoms with van der Waals surface area (Å²) in [6.45, 7) is 3.46. The van der Waals surface area contributed by atoms with Crippen molar-refractivity contribution in [2.24, 2.45) is 17.3 Å². The molecular formula is C22H20ClF3O2. The van der Waals surface area contributed by atoms with Gasteiger partial charge in [-0.3, -0.25) is 4.79 Å². The molecule has 0 bridgehead atoms. The van der Waals surface area contributed by atoms with Gasteiger partial charge >= 0.3 is 11.4 Å². The Morgan fingerprint density at radius 2 is 1.79 bits per heavy atom. The van der Waals surface area contributed by atoms with Crippen molar-refractivity contribution in [3.05, 3.63) is 72.1 Å². The Balaban J connectivity index is 1.65. The maximum absolute atomic E-state index is 13.5. The van der Waals surface area contributed by atoms with Gasteiger partial charge in [-0.2, -0.15) is 8.78 Å². The van der Waals surface area contributed by atoms with E-state index in [0.29, 0.717) is 0 Å². The highest BCUT2D eigenvalue weighted by Gasteiger charge is 2.62. The predicted octanol–water partition coefficient (Wildman–Crippen LogP) is 6.35. The van der Waals surface area contributed by atoms with Gasteiger partial charge in [0.2, 0.25) is 0 Å². The van der Waals surface area contributed by atoms with E-state index in [0.717, 1.165) is 22.8 Å². The molecule has 28 heavy (non-hydrogen) atoms. The van der Waals surface area contributed by atoms with Crippen molar-refractivity contribution in [1.82, 2.24) is 0 Å². The van der Waals surface area contributed by atoms with E-state index in [2.05, 4.69) is 11.6 Å². The van der Waals surface area contributed by atoms with Gasteiger partial charge in [-0.15, -0.1) is 0 Å². The molecule has 0 aliphatic heterocycles. The molecular weight excluding hydrogens is 389 g/mol. The second-order valence-electron chi connectivity index (χ2n) is 7.51. The van der Waals surface area contributed by atoms with E-state index in [1.165, 1.54) is 0 Å². The van der Waals surface area contributed by atoms with Crippen molar-refractivity contribution < 1.29 is 22.7 Å². The number of benzene rings is 2. The molecule has 0 spiro atoms. The molecule has 0 amide bonds. The van der Waals surface area contributed by atoms with E-state index in [1.807, 2.05) is 54.6 Å². The first-order chi connectivity index (χ1) is 13.1. The quantitative estimate of drug-likeness (QED) is 0.411. The molecule has 0 heterocycles. The summed E-state index contributed by atoms with van der Waals surface area (Å²) in [5.41, 5.74) is 2.18. The molecule has 2 nitrogen and oxygen atoms in total. The summed E-state index contributed by atoms with van der Waals surface area (Å²) in [6, 6.07) is 17.4. The van der Waals surface area contributed by atoms with Gasteiger partial charge in [0.1, 0.15) is 6.61 Å². The first-order valence-electron chi connectivity index (χ1n) is 8.86. The molecule has 1 aliphatic rings. The van der Waals surface area contributed by atoms with E-state index in [1.54, 1.807) is 13.8 Å². The summed E-state index contributed by atoms with van der Waals surface area (Å²) in [4.78, 5) is 12.4. The second-order valence-corrected chi connectivity index (χ2v) is 7.99. The smallest absolute Gasteiger partial charge is 0.373 e. The lowest BCUT2D eigenvalue weighted by Gasteiger charge is -2.08. The minimum atomic E-state index is -4.06. The second kappa shape index (κ2) is 7.63. The highest BCUT2D eigenvalue weighted by atomic mass is 35.5. The van der Waals surface area contributed by atoms with Gasteiger partial charge in [-0.1, -0.05) is 62.4 Å². The van der Waals surface area contributed by atoms with Crippen LogP contribution in [0.15, 0.2) is 66.5 Å². The van der Waals surface area contributed by atoms with E-state index in [4.69, 9.17) is 4.74 Å². The zero-order valence-corrected chi connectivity index (χ0v) is 16.2. The van der Waals surface area contributed by atoms with Crippen LogP contribution in [0.2, 0.25) is 0 Å². The van der Waals surface area contributed by atoms with Crippen molar-refractivity contribution in [1.29, 1.82) is 0 Å². The third-order valence-electron chi connectivity index (χ3n) is 5.18. The third kappa shape index (κ3) is 4.41. The molecule has 0 N–H and O–H groups in total. The minimum absolute atomic E-state index is 0.0523.